The average molecular weight is 244 g/mol. The van der Waals surface area contributed by atoms with Gasteiger partial charge < -0.3 is 15.7 Å². The van der Waals surface area contributed by atoms with Crippen molar-refractivity contribution >= 4 is 5.91 Å². The molecule has 3 N–H and O–H groups in total. The van der Waals surface area contributed by atoms with Crippen molar-refractivity contribution < 1.29 is 9.90 Å². The molecule has 0 fully saturated rings. The Bertz CT molecular complexity index is 206. The third-order valence-corrected chi connectivity index (χ3v) is 2.60. The first-order chi connectivity index (χ1) is 7.89. The van der Waals surface area contributed by atoms with Crippen molar-refractivity contribution in [2.45, 2.75) is 52.5 Å². The van der Waals surface area contributed by atoms with E-state index in [-0.39, 0.29) is 18.1 Å². The minimum absolute atomic E-state index is 0.0268. The maximum Gasteiger partial charge on any atom is 0.233 e. The smallest absolute Gasteiger partial charge is 0.233 e. The van der Waals surface area contributed by atoms with Crippen LogP contribution in [-0.4, -0.2) is 36.2 Å². The van der Waals surface area contributed by atoms with Gasteiger partial charge in [0.25, 0.3) is 0 Å². The van der Waals surface area contributed by atoms with Crippen molar-refractivity contribution in [1.29, 1.82) is 0 Å². The number of hydrogen-bond donors (Lipinski definition) is 3. The molecular formula is C13H28N2O2. The molecule has 102 valence electrons. The molecule has 0 saturated heterocycles. The molecule has 1 atom stereocenters. The van der Waals surface area contributed by atoms with Crippen LogP contribution in [0.25, 0.3) is 0 Å². The first-order valence-electron chi connectivity index (χ1n) is 6.51. The van der Waals surface area contributed by atoms with Gasteiger partial charge in [-0.1, -0.05) is 13.3 Å². The maximum absolute atomic E-state index is 11.6. The minimum Gasteiger partial charge on any atom is -0.396 e. The van der Waals surface area contributed by atoms with Gasteiger partial charge in [-0.2, -0.15) is 0 Å². The SMILES string of the molecule is CCCC(CCO)CNC(=O)CNC(C)(C)C. The monoisotopic (exact) mass is 244 g/mol. The van der Waals surface area contributed by atoms with Gasteiger partial charge in [-0.25, -0.2) is 0 Å². The number of rotatable bonds is 8. The van der Waals surface area contributed by atoms with E-state index in [2.05, 4.69) is 17.6 Å². The molecule has 0 bridgehead atoms. The molecule has 0 radical (unpaired) electrons. The quantitative estimate of drug-likeness (QED) is 0.603. The second kappa shape index (κ2) is 8.48. The molecule has 0 aromatic carbocycles. The highest BCUT2D eigenvalue weighted by atomic mass is 16.3. The molecule has 0 aliphatic heterocycles. The third kappa shape index (κ3) is 10.3. The highest BCUT2D eigenvalue weighted by Crippen LogP contribution is 2.09. The van der Waals surface area contributed by atoms with Crippen molar-refractivity contribution in [2.75, 3.05) is 19.7 Å². The lowest BCUT2D eigenvalue weighted by Crippen LogP contribution is -2.44. The van der Waals surface area contributed by atoms with Crippen molar-refractivity contribution in [2.24, 2.45) is 5.92 Å². The van der Waals surface area contributed by atoms with Crippen LogP contribution in [0.2, 0.25) is 0 Å². The Morgan fingerprint density at radius 3 is 2.41 bits per heavy atom. The van der Waals surface area contributed by atoms with Crippen LogP contribution < -0.4 is 10.6 Å². The molecule has 1 amide bonds. The van der Waals surface area contributed by atoms with Crippen molar-refractivity contribution in [1.82, 2.24) is 10.6 Å². The van der Waals surface area contributed by atoms with E-state index in [4.69, 9.17) is 5.11 Å². The summed E-state index contributed by atoms with van der Waals surface area (Å²) in [6, 6.07) is 0. The van der Waals surface area contributed by atoms with Gasteiger partial charge in [0.05, 0.1) is 6.54 Å². The molecule has 4 heteroatoms. The average Bonchev–Trinajstić information content (AvgIpc) is 2.23. The highest BCUT2D eigenvalue weighted by Gasteiger charge is 2.12. The summed E-state index contributed by atoms with van der Waals surface area (Å²) in [4.78, 5) is 11.6. The summed E-state index contributed by atoms with van der Waals surface area (Å²) in [5.41, 5.74) is -0.0364. The van der Waals surface area contributed by atoms with Crippen molar-refractivity contribution in [3.63, 3.8) is 0 Å². The summed E-state index contributed by atoms with van der Waals surface area (Å²) in [5.74, 6) is 0.419. The first-order valence-corrected chi connectivity index (χ1v) is 6.51. The van der Waals surface area contributed by atoms with Gasteiger partial charge in [0, 0.05) is 18.7 Å². The van der Waals surface area contributed by atoms with E-state index in [9.17, 15) is 4.79 Å². The molecule has 0 aromatic rings. The zero-order valence-corrected chi connectivity index (χ0v) is 11.7. The Balaban J connectivity index is 3.79. The number of carbonyl (C=O) groups excluding carboxylic acids is 1. The van der Waals surface area contributed by atoms with Crippen LogP contribution in [-0.2, 0) is 4.79 Å². The predicted molar refractivity (Wildman–Crippen MR) is 70.9 cm³/mol. The van der Waals surface area contributed by atoms with E-state index < -0.39 is 0 Å². The van der Waals surface area contributed by atoms with E-state index in [1.807, 2.05) is 20.8 Å². The van der Waals surface area contributed by atoms with Gasteiger partial charge in [0.2, 0.25) is 5.91 Å². The molecule has 0 heterocycles. The molecule has 0 aliphatic carbocycles. The molecule has 0 rings (SSSR count). The van der Waals surface area contributed by atoms with E-state index in [0.29, 0.717) is 19.0 Å². The fraction of sp³-hybridized carbons (Fsp3) is 0.923. The van der Waals surface area contributed by atoms with Crippen molar-refractivity contribution in [3.8, 4) is 0 Å². The van der Waals surface area contributed by atoms with Gasteiger partial charge in [0.1, 0.15) is 0 Å². The normalized spacial score (nSPS) is 13.5. The summed E-state index contributed by atoms with van der Waals surface area (Å²) < 4.78 is 0. The van der Waals surface area contributed by atoms with Crippen LogP contribution in [0.4, 0.5) is 0 Å². The van der Waals surface area contributed by atoms with Crippen LogP contribution in [0.5, 0.6) is 0 Å². The van der Waals surface area contributed by atoms with Gasteiger partial charge in [0.15, 0.2) is 0 Å². The van der Waals surface area contributed by atoms with Crippen LogP contribution in [0.15, 0.2) is 0 Å². The van der Waals surface area contributed by atoms with Crippen LogP contribution in [0.1, 0.15) is 47.0 Å². The van der Waals surface area contributed by atoms with Gasteiger partial charge in [-0.3, -0.25) is 4.79 Å². The van der Waals surface area contributed by atoms with Gasteiger partial charge >= 0.3 is 0 Å². The maximum atomic E-state index is 11.6. The number of aliphatic hydroxyl groups is 1. The molecule has 4 nitrogen and oxygen atoms in total. The summed E-state index contributed by atoms with van der Waals surface area (Å²) in [5, 5.41) is 15.0. The Morgan fingerprint density at radius 1 is 1.29 bits per heavy atom. The minimum atomic E-state index is -0.0364. The molecule has 0 spiro atoms. The van der Waals surface area contributed by atoms with Gasteiger partial charge in [-0.15, -0.1) is 0 Å². The molecule has 17 heavy (non-hydrogen) atoms. The summed E-state index contributed by atoms with van der Waals surface area (Å²) in [6.45, 7) is 9.43. The first kappa shape index (κ1) is 16.4. The number of nitrogens with one attached hydrogen (secondary N) is 2. The zero-order chi connectivity index (χ0) is 13.3. The van der Waals surface area contributed by atoms with Gasteiger partial charge in [-0.05, 0) is 39.5 Å². The highest BCUT2D eigenvalue weighted by molar-refractivity contribution is 5.78. The van der Waals surface area contributed by atoms with Crippen LogP contribution in [0.3, 0.4) is 0 Å². The second-order valence-electron chi connectivity index (χ2n) is 5.57. The second-order valence-corrected chi connectivity index (χ2v) is 5.57. The number of hydrogen-bond acceptors (Lipinski definition) is 3. The summed E-state index contributed by atoms with van der Waals surface area (Å²) in [6.07, 6.45) is 2.90. The van der Waals surface area contributed by atoms with Crippen molar-refractivity contribution in [3.05, 3.63) is 0 Å². The third-order valence-electron chi connectivity index (χ3n) is 2.60. The molecule has 0 aliphatic rings. The molecule has 1 unspecified atom stereocenters. The zero-order valence-electron chi connectivity index (χ0n) is 11.7. The Labute approximate surface area is 105 Å². The topological polar surface area (TPSA) is 61.4 Å². The van der Waals surface area contributed by atoms with E-state index in [1.54, 1.807) is 0 Å². The largest absolute Gasteiger partial charge is 0.396 e. The Morgan fingerprint density at radius 2 is 1.94 bits per heavy atom. The van der Waals surface area contributed by atoms with E-state index in [1.165, 1.54) is 0 Å². The Kier molecular flexibility index (Phi) is 8.17. The molecule has 0 saturated carbocycles. The lowest BCUT2D eigenvalue weighted by molar-refractivity contribution is -0.120. The summed E-state index contributed by atoms with van der Waals surface area (Å²) >= 11 is 0. The number of aliphatic hydroxyl groups excluding tert-OH is 1. The fourth-order valence-corrected chi connectivity index (χ4v) is 1.61. The molecule has 0 aromatic heterocycles. The summed E-state index contributed by atoms with van der Waals surface area (Å²) in [7, 11) is 0. The van der Waals surface area contributed by atoms with E-state index in [0.717, 1.165) is 19.3 Å². The lowest BCUT2D eigenvalue weighted by atomic mass is 10.0. The van der Waals surface area contributed by atoms with E-state index >= 15 is 0 Å². The lowest BCUT2D eigenvalue weighted by Gasteiger charge is -2.21. The van der Waals surface area contributed by atoms with Crippen LogP contribution in [0, 0.1) is 5.92 Å². The standard InChI is InChI=1S/C13H28N2O2/c1-5-6-11(7-8-16)9-14-12(17)10-15-13(2,3)4/h11,15-16H,5-10H2,1-4H3,(H,14,17). The predicted octanol–water partition coefficient (Wildman–Crippen LogP) is 1.29. The number of amides is 1. The fourth-order valence-electron chi connectivity index (χ4n) is 1.61. The van der Waals surface area contributed by atoms with Crippen LogP contribution >= 0.6 is 0 Å². The Hall–Kier alpha value is -0.610. The molecular weight excluding hydrogens is 216 g/mol. The number of carbonyl (C=O) groups is 1.